The summed E-state index contributed by atoms with van der Waals surface area (Å²) in [7, 11) is 0. The Bertz CT molecular complexity index is 841. The van der Waals surface area contributed by atoms with Crippen LogP contribution >= 0.6 is 25.3 Å². The molecule has 1 aromatic carbocycles. The molecule has 4 unspecified atom stereocenters. The van der Waals surface area contributed by atoms with Crippen LogP contribution in [0.2, 0.25) is 0 Å². The Hall–Kier alpha value is -2.77. The van der Waals surface area contributed by atoms with Crippen molar-refractivity contribution in [2.45, 2.75) is 43.4 Å². The van der Waals surface area contributed by atoms with Gasteiger partial charge in [-0.3, -0.25) is 19.2 Å². The third kappa shape index (κ3) is 10.1. The van der Waals surface area contributed by atoms with E-state index in [0.717, 1.165) is 0 Å². The van der Waals surface area contributed by atoms with E-state index in [0.29, 0.717) is 5.56 Å². The average Bonchev–Trinajstić information content (AvgIpc) is 2.78. The smallest absolute Gasteiger partial charge is 0.326 e. The second kappa shape index (κ2) is 14.4. The van der Waals surface area contributed by atoms with Crippen molar-refractivity contribution >= 4 is 54.9 Å². The number of thiol groups is 2. The number of carboxylic acid groups (broad SMARTS) is 1. The molecule has 0 aromatic heterocycles. The number of carbonyl (C=O) groups excluding carboxylic acids is 4. The fraction of sp³-hybridized carbons (Fsp3) is 0.450. The van der Waals surface area contributed by atoms with Gasteiger partial charge in [-0.1, -0.05) is 30.3 Å². The molecule has 0 radical (unpaired) electrons. The number of primary amides is 1. The van der Waals surface area contributed by atoms with E-state index in [1.165, 1.54) is 0 Å². The first kappa shape index (κ1) is 28.3. The highest BCUT2D eigenvalue weighted by molar-refractivity contribution is 7.80. The van der Waals surface area contributed by atoms with Crippen molar-refractivity contribution in [1.82, 2.24) is 16.0 Å². The van der Waals surface area contributed by atoms with Crippen LogP contribution in [0.15, 0.2) is 30.3 Å². The number of amides is 4. The lowest BCUT2D eigenvalue weighted by molar-refractivity contribution is -0.142. The van der Waals surface area contributed by atoms with Gasteiger partial charge in [-0.15, -0.1) is 0 Å². The topological polar surface area (TPSA) is 194 Å². The monoisotopic (exact) mass is 499 g/mol. The maximum absolute atomic E-state index is 12.6. The molecule has 4 atom stereocenters. The number of hydrogen-bond acceptors (Lipinski definition) is 8. The summed E-state index contributed by atoms with van der Waals surface area (Å²) in [6, 6.07) is 4.16. The average molecular weight is 500 g/mol. The van der Waals surface area contributed by atoms with E-state index >= 15 is 0 Å². The molecule has 0 aliphatic heterocycles. The zero-order valence-corrected chi connectivity index (χ0v) is 19.6. The number of hydrogen-bond donors (Lipinski definition) is 8. The Labute approximate surface area is 202 Å². The Morgan fingerprint density at radius 1 is 0.848 bits per heavy atom. The summed E-state index contributed by atoms with van der Waals surface area (Å²) >= 11 is 8.09. The first-order chi connectivity index (χ1) is 15.6. The van der Waals surface area contributed by atoms with E-state index in [9.17, 15) is 29.1 Å². The molecule has 0 saturated heterocycles. The molecule has 11 nitrogen and oxygen atoms in total. The lowest BCUT2D eigenvalue weighted by Gasteiger charge is -2.23. The minimum absolute atomic E-state index is 0.00173. The lowest BCUT2D eigenvalue weighted by Crippen LogP contribution is -2.58. The first-order valence-electron chi connectivity index (χ1n) is 10.0. The van der Waals surface area contributed by atoms with Crippen LogP contribution in [0, 0.1) is 0 Å². The van der Waals surface area contributed by atoms with Gasteiger partial charge in [0.15, 0.2) is 0 Å². The molecule has 13 heteroatoms. The first-order valence-corrected chi connectivity index (χ1v) is 11.3. The van der Waals surface area contributed by atoms with Crippen LogP contribution in [0.4, 0.5) is 0 Å². The lowest BCUT2D eigenvalue weighted by atomic mass is 10.1. The van der Waals surface area contributed by atoms with Gasteiger partial charge in [0.05, 0.1) is 6.04 Å². The van der Waals surface area contributed by atoms with Crippen molar-refractivity contribution in [3.8, 4) is 0 Å². The summed E-state index contributed by atoms with van der Waals surface area (Å²) in [6.45, 7) is 0. The SMILES string of the molecule is NC(=O)CCC(N)C(=O)NC(CS)C(=O)NC(CS)C(=O)NC(Cc1ccccc1)C(=O)O. The van der Waals surface area contributed by atoms with Crippen LogP contribution in [-0.4, -0.2) is 70.4 Å². The molecule has 0 saturated carbocycles. The normalized spacial score (nSPS) is 14.3. The standard InChI is InChI=1S/C20H29N5O6S2/c21-12(6-7-16(22)26)17(27)24-14(9-32)19(29)25-15(10-33)18(28)23-13(20(30)31)8-11-4-2-1-3-5-11/h1-5,12-15,32-33H,6-10,21H2,(H2,22,26)(H,23,28)(H,24,27)(H,25,29)(H,30,31). The summed E-state index contributed by atoms with van der Waals surface area (Å²) in [6.07, 6.45) is -0.0443. The molecule has 0 bridgehead atoms. The molecule has 182 valence electrons. The molecule has 0 aliphatic rings. The van der Waals surface area contributed by atoms with E-state index in [-0.39, 0.29) is 30.8 Å². The van der Waals surface area contributed by atoms with E-state index in [4.69, 9.17) is 11.5 Å². The number of benzene rings is 1. The van der Waals surface area contributed by atoms with E-state index in [1.54, 1.807) is 30.3 Å². The molecular weight excluding hydrogens is 470 g/mol. The summed E-state index contributed by atoms with van der Waals surface area (Å²) in [5.74, 6) is -4.24. The minimum atomic E-state index is -1.23. The maximum Gasteiger partial charge on any atom is 0.326 e. The number of rotatable bonds is 14. The summed E-state index contributed by atoms with van der Waals surface area (Å²) in [5, 5.41) is 16.7. The second-order valence-corrected chi connectivity index (χ2v) is 7.92. The van der Waals surface area contributed by atoms with Crippen LogP contribution < -0.4 is 27.4 Å². The van der Waals surface area contributed by atoms with Gasteiger partial charge in [0.1, 0.15) is 18.1 Å². The van der Waals surface area contributed by atoms with E-state index in [1.807, 2.05) is 0 Å². The van der Waals surface area contributed by atoms with Gasteiger partial charge in [-0.2, -0.15) is 25.3 Å². The fourth-order valence-corrected chi connectivity index (χ4v) is 3.20. The van der Waals surface area contributed by atoms with E-state index < -0.39 is 53.8 Å². The number of carbonyl (C=O) groups is 5. The van der Waals surface area contributed by atoms with Crippen LogP contribution in [0.5, 0.6) is 0 Å². The van der Waals surface area contributed by atoms with Gasteiger partial charge < -0.3 is 32.5 Å². The molecule has 4 amide bonds. The number of aliphatic carboxylic acids is 1. The Balaban J connectivity index is 2.73. The minimum Gasteiger partial charge on any atom is -0.480 e. The van der Waals surface area contributed by atoms with Gasteiger partial charge in [0, 0.05) is 24.3 Å². The van der Waals surface area contributed by atoms with E-state index in [2.05, 4.69) is 41.2 Å². The third-order valence-electron chi connectivity index (χ3n) is 4.57. The zero-order chi connectivity index (χ0) is 25.0. The Morgan fingerprint density at radius 3 is 1.79 bits per heavy atom. The van der Waals surface area contributed by atoms with Crippen LogP contribution in [0.1, 0.15) is 18.4 Å². The molecule has 1 rings (SSSR count). The van der Waals surface area contributed by atoms with Gasteiger partial charge in [-0.05, 0) is 12.0 Å². The zero-order valence-electron chi connectivity index (χ0n) is 17.8. The van der Waals surface area contributed by atoms with Crippen LogP contribution in [0.3, 0.4) is 0 Å². The molecule has 0 aliphatic carbocycles. The van der Waals surface area contributed by atoms with Crippen molar-refractivity contribution in [3.05, 3.63) is 35.9 Å². The van der Waals surface area contributed by atoms with Crippen molar-refractivity contribution in [2.24, 2.45) is 11.5 Å². The highest BCUT2D eigenvalue weighted by Crippen LogP contribution is 2.05. The number of nitrogens with two attached hydrogens (primary N) is 2. The van der Waals surface area contributed by atoms with Gasteiger partial charge in [-0.25, -0.2) is 4.79 Å². The molecule has 8 N–H and O–H groups in total. The predicted molar refractivity (Wildman–Crippen MR) is 128 cm³/mol. The second-order valence-electron chi connectivity index (χ2n) is 7.19. The number of carboxylic acids is 1. The predicted octanol–water partition coefficient (Wildman–Crippen LogP) is -1.78. The summed E-state index contributed by atoms with van der Waals surface area (Å²) in [4.78, 5) is 59.7. The van der Waals surface area contributed by atoms with Gasteiger partial charge >= 0.3 is 5.97 Å². The summed E-state index contributed by atoms with van der Waals surface area (Å²) in [5.41, 5.74) is 11.4. The highest BCUT2D eigenvalue weighted by atomic mass is 32.1. The summed E-state index contributed by atoms with van der Waals surface area (Å²) < 4.78 is 0. The Kier molecular flexibility index (Phi) is 12.3. The fourth-order valence-electron chi connectivity index (χ4n) is 2.69. The molecule has 33 heavy (non-hydrogen) atoms. The highest BCUT2D eigenvalue weighted by Gasteiger charge is 2.29. The van der Waals surface area contributed by atoms with Gasteiger partial charge in [0.25, 0.3) is 0 Å². The maximum atomic E-state index is 12.6. The van der Waals surface area contributed by atoms with Crippen molar-refractivity contribution < 1.29 is 29.1 Å². The van der Waals surface area contributed by atoms with Gasteiger partial charge in [0.2, 0.25) is 23.6 Å². The largest absolute Gasteiger partial charge is 0.480 e. The van der Waals surface area contributed by atoms with Crippen molar-refractivity contribution in [3.63, 3.8) is 0 Å². The molecular formula is C20H29N5O6S2. The quantitative estimate of drug-likeness (QED) is 0.139. The third-order valence-corrected chi connectivity index (χ3v) is 5.30. The Morgan fingerprint density at radius 2 is 1.33 bits per heavy atom. The van der Waals surface area contributed by atoms with Crippen LogP contribution in [-0.2, 0) is 30.4 Å². The van der Waals surface area contributed by atoms with Crippen molar-refractivity contribution in [2.75, 3.05) is 11.5 Å². The number of nitrogens with one attached hydrogen (secondary N) is 3. The van der Waals surface area contributed by atoms with Crippen LogP contribution in [0.25, 0.3) is 0 Å². The molecule has 0 fully saturated rings. The van der Waals surface area contributed by atoms with Crippen molar-refractivity contribution in [1.29, 1.82) is 0 Å². The molecule has 1 aromatic rings. The molecule has 0 heterocycles. The molecule has 0 spiro atoms.